The lowest BCUT2D eigenvalue weighted by Gasteiger charge is -2.24. The number of thiocarbonyl (C=S) groups is 1. The maximum atomic E-state index is 14.1. The van der Waals surface area contributed by atoms with Crippen molar-refractivity contribution in [1.29, 1.82) is 0 Å². The van der Waals surface area contributed by atoms with Crippen LogP contribution in [0.1, 0.15) is 18.1 Å². The minimum absolute atomic E-state index is 0.106. The largest absolute Gasteiger partial charge is 0.389 e. The molecule has 1 aromatic rings. The highest BCUT2D eigenvalue weighted by molar-refractivity contribution is 7.98. The first-order valence-electron chi connectivity index (χ1n) is 5.73. The lowest BCUT2D eigenvalue weighted by Crippen LogP contribution is -2.31. The van der Waals surface area contributed by atoms with Crippen LogP contribution in [-0.2, 0) is 6.54 Å². The Bertz CT molecular complexity index is 423. The molecule has 0 aliphatic rings. The predicted octanol–water partition coefficient (Wildman–Crippen LogP) is 2.64. The monoisotopic (exact) mass is 286 g/mol. The Labute approximate surface area is 118 Å². The first-order valence-corrected chi connectivity index (χ1v) is 7.54. The number of nitrogens with two attached hydrogens (primary N) is 1. The summed E-state index contributed by atoms with van der Waals surface area (Å²) in [5.74, 6) is 0.723. The van der Waals surface area contributed by atoms with Gasteiger partial charge in [0.05, 0.1) is 0 Å². The average molecular weight is 286 g/mol. The van der Waals surface area contributed by atoms with E-state index >= 15 is 0 Å². The summed E-state index contributed by atoms with van der Waals surface area (Å²) in [6.07, 6.45) is 2.07. The highest BCUT2D eigenvalue weighted by atomic mass is 32.2. The van der Waals surface area contributed by atoms with Crippen molar-refractivity contribution in [3.05, 3.63) is 35.1 Å². The van der Waals surface area contributed by atoms with E-state index in [1.165, 1.54) is 0 Å². The van der Waals surface area contributed by atoms with Crippen molar-refractivity contribution in [2.45, 2.75) is 19.5 Å². The zero-order valence-corrected chi connectivity index (χ0v) is 12.6. The molecule has 0 fully saturated rings. The van der Waals surface area contributed by atoms with E-state index in [1.807, 2.05) is 7.05 Å². The Kier molecular flexibility index (Phi) is 6.05. The quantitative estimate of drug-likeness (QED) is 0.814. The van der Waals surface area contributed by atoms with E-state index in [2.05, 4.69) is 18.1 Å². The van der Waals surface area contributed by atoms with Gasteiger partial charge in [0, 0.05) is 29.5 Å². The van der Waals surface area contributed by atoms with Crippen LogP contribution >= 0.6 is 24.0 Å². The number of halogens is 1. The van der Waals surface area contributed by atoms with Gasteiger partial charge in [0.1, 0.15) is 10.8 Å². The van der Waals surface area contributed by atoms with Crippen molar-refractivity contribution in [1.82, 2.24) is 4.90 Å². The van der Waals surface area contributed by atoms with Crippen LogP contribution in [0.2, 0.25) is 0 Å². The Hall–Kier alpha value is -0.650. The van der Waals surface area contributed by atoms with Gasteiger partial charge >= 0.3 is 0 Å². The van der Waals surface area contributed by atoms with E-state index in [-0.39, 0.29) is 10.8 Å². The maximum Gasteiger partial charge on any atom is 0.137 e. The van der Waals surface area contributed by atoms with Crippen molar-refractivity contribution < 1.29 is 4.39 Å². The lowest BCUT2D eigenvalue weighted by molar-refractivity contribution is 0.266. The minimum Gasteiger partial charge on any atom is -0.389 e. The summed E-state index contributed by atoms with van der Waals surface area (Å²) < 4.78 is 14.1. The van der Waals surface area contributed by atoms with Crippen LogP contribution in [0.4, 0.5) is 4.39 Å². The summed E-state index contributed by atoms with van der Waals surface area (Å²) in [7, 11) is 1.99. The fourth-order valence-corrected chi connectivity index (χ4v) is 2.58. The summed E-state index contributed by atoms with van der Waals surface area (Å²) in [5.41, 5.74) is 6.46. The fourth-order valence-electron chi connectivity index (χ4n) is 1.69. The third-order valence-corrected chi connectivity index (χ3v) is 3.96. The molecule has 18 heavy (non-hydrogen) atoms. The number of nitrogens with zero attached hydrogens (tertiary/aromatic N) is 1. The third kappa shape index (κ3) is 3.93. The van der Waals surface area contributed by atoms with Crippen LogP contribution in [0.5, 0.6) is 0 Å². The number of benzene rings is 1. The lowest BCUT2D eigenvalue weighted by atomic mass is 10.1. The highest BCUT2D eigenvalue weighted by Crippen LogP contribution is 2.16. The second kappa shape index (κ2) is 7.07. The highest BCUT2D eigenvalue weighted by Gasteiger charge is 2.14. The van der Waals surface area contributed by atoms with Crippen molar-refractivity contribution in [3.8, 4) is 0 Å². The van der Waals surface area contributed by atoms with Crippen LogP contribution in [0.25, 0.3) is 0 Å². The predicted molar refractivity (Wildman–Crippen MR) is 81.6 cm³/mol. The standard InChI is InChI=1S/C13H19FN2S2/c1-9(8-18-3)16(2)7-10-5-4-6-11(12(10)14)13(15)17/h4-6,9H,7-8H2,1-3H3,(H2,15,17). The van der Waals surface area contributed by atoms with Gasteiger partial charge in [-0.25, -0.2) is 4.39 Å². The molecule has 0 radical (unpaired) electrons. The Morgan fingerprint density at radius 2 is 2.22 bits per heavy atom. The number of rotatable bonds is 6. The smallest absolute Gasteiger partial charge is 0.137 e. The summed E-state index contributed by atoms with van der Waals surface area (Å²) >= 11 is 6.62. The first-order chi connectivity index (χ1) is 8.47. The zero-order valence-electron chi connectivity index (χ0n) is 10.9. The summed E-state index contributed by atoms with van der Waals surface area (Å²) in [4.78, 5) is 2.23. The van der Waals surface area contributed by atoms with Gasteiger partial charge in [-0.1, -0.05) is 24.4 Å². The van der Waals surface area contributed by atoms with Crippen molar-refractivity contribution in [2.75, 3.05) is 19.1 Å². The van der Waals surface area contributed by atoms with Crippen LogP contribution < -0.4 is 5.73 Å². The number of hydrogen-bond donors (Lipinski definition) is 1. The molecule has 1 rings (SSSR count). The number of thioether (sulfide) groups is 1. The van der Waals surface area contributed by atoms with Crippen LogP contribution in [-0.4, -0.2) is 35.0 Å². The van der Waals surface area contributed by atoms with Crippen molar-refractivity contribution >= 4 is 29.0 Å². The molecule has 2 nitrogen and oxygen atoms in total. The molecule has 0 saturated carbocycles. The molecular weight excluding hydrogens is 267 g/mol. The Balaban J connectivity index is 2.85. The summed E-state index contributed by atoms with van der Waals surface area (Å²) in [6, 6.07) is 5.58. The van der Waals surface area contributed by atoms with Crippen LogP contribution in [0.3, 0.4) is 0 Å². The van der Waals surface area contributed by atoms with Crippen LogP contribution in [0.15, 0.2) is 18.2 Å². The van der Waals surface area contributed by atoms with Gasteiger partial charge in [0.2, 0.25) is 0 Å². The van der Waals surface area contributed by atoms with E-state index in [4.69, 9.17) is 18.0 Å². The van der Waals surface area contributed by atoms with E-state index in [0.717, 1.165) is 5.75 Å². The van der Waals surface area contributed by atoms with Gasteiger partial charge in [-0.2, -0.15) is 11.8 Å². The van der Waals surface area contributed by atoms with Crippen LogP contribution in [0, 0.1) is 5.82 Å². The van der Waals surface area contributed by atoms with E-state index < -0.39 is 0 Å². The third-order valence-electron chi connectivity index (χ3n) is 2.92. The SMILES string of the molecule is CSCC(C)N(C)Cc1cccc(C(N)=S)c1F. The average Bonchev–Trinajstić information content (AvgIpc) is 2.31. The Morgan fingerprint density at radius 1 is 1.56 bits per heavy atom. The molecule has 0 aliphatic carbocycles. The first kappa shape index (κ1) is 15.4. The normalized spacial score (nSPS) is 12.7. The maximum absolute atomic E-state index is 14.1. The van der Waals surface area contributed by atoms with Crippen molar-refractivity contribution in [2.24, 2.45) is 5.73 Å². The molecule has 1 atom stereocenters. The molecule has 1 unspecified atom stereocenters. The van der Waals surface area contributed by atoms with E-state index in [9.17, 15) is 4.39 Å². The van der Waals surface area contributed by atoms with Gasteiger partial charge in [-0.3, -0.25) is 4.90 Å². The molecule has 0 amide bonds. The fraction of sp³-hybridized carbons (Fsp3) is 0.462. The molecule has 100 valence electrons. The molecule has 0 saturated heterocycles. The minimum atomic E-state index is -0.298. The van der Waals surface area contributed by atoms with Gasteiger partial charge in [0.15, 0.2) is 0 Å². The topological polar surface area (TPSA) is 29.3 Å². The second-order valence-corrected chi connectivity index (χ2v) is 5.71. The molecule has 5 heteroatoms. The molecule has 0 aliphatic heterocycles. The number of hydrogen-bond acceptors (Lipinski definition) is 3. The Morgan fingerprint density at radius 3 is 2.78 bits per heavy atom. The van der Waals surface area contributed by atoms with E-state index in [1.54, 1.807) is 30.0 Å². The van der Waals surface area contributed by atoms with Gasteiger partial charge < -0.3 is 5.73 Å². The summed E-state index contributed by atoms with van der Waals surface area (Å²) in [5, 5.41) is 0. The van der Waals surface area contributed by atoms with Crippen molar-refractivity contribution in [3.63, 3.8) is 0 Å². The molecule has 0 spiro atoms. The molecular formula is C13H19FN2S2. The van der Waals surface area contributed by atoms with E-state index in [0.29, 0.717) is 23.7 Å². The zero-order chi connectivity index (χ0) is 13.7. The van der Waals surface area contributed by atoms with Gasteiger partial charge in [0.25, 0.3) is 0 Å². The van der Waals surface area contributed by atoms with Gasteiger partial charge in [-0.05, 0) is 26.3 Å². The summed E-state index contributed by atoms with van der Waals surface area (Å²) in [6.45, 7) is 2.69. The van der Waals surface area contributed by atoms with Gasteiger partial charge in [-0.15, -0.1) is 0 Å². The molecule has 0 aromatic heterocycles. The molecule has 1 aromatic carbocycles. The molecule has 0 heterocycles. The molecule has 0 bridgehead atoms. The molecule has 2 N–H and O–H groups in total. The second-order valence-electron chi connectivity index (χ2n) is 4.36.